The van der Waals surface area contributed by atoms with Crippen molar-refractivity contribution in [3.05, 3.63) is 11.2 Å². The summed E-state index contributed by atoms with van der Waals surface area (Å²) in [5.74, 6) is 1.32. The Kier molecular flexibility index (Phi) is 5.22. The molecular weight excluding hydrogens is 262 g/mol. The third kappa shape index (κ3) is 3.94. The molecule has 0 bridgehead atoms. The van der Waals surface area contributed by atoms with E-state index in [4.69, 9.17) is 11.6 Å². The van der Waals surface area contributed by atoms with Gasteiger partial charge in [-0.1, -0.05) is 11.6 Å². The average Bonchev–Trinajstić information content (AvgIpc) is 2.93. The minimum absolute atomic E-state index is 0.496. The number of hydrogen-bond acceptors (Lipinski definition) is 5. The zero-order chi connectivity index (χ0) is 13.7. The highest BCUT2D eigenvalue weighted by molar-refractivity contribution is 6.32. The smallest absolute Gasteiger partial charge is 0.224 e. The van der Waals surface area contributed by atoms with Crippen LogP contribution in [-0.2, 0) is 0 Å². The Morgan fingerprint density at radius 3 is 2.79 bits per heavy atom. The van der Waals surface area contributed by atoms with Crippen LogP contribution in [0.5, 0.6) is 0 Å². The summed E-state index contributed by atoms with van der Waals surface area (Å²) in [5.41, 5.74) is 0. The summed E-state index contributed by atoms with van der Waals surface area (Å²) in [4.78, 5) is 11.0. The van der Waals surface area contributed by atoms with E-state index < -0.39 is 0 Å². The van der Waals surface area contributed by atoms with Gasteiger partial charge in [0, 0.05) is 19.1 Å². The van der Waals surface area contributed by atoms with E-state index in [-0.39, 0.29) is 0 Å². The molecule has 5 nitrogen and oxygen atoms in total. The second-order valence-corrected chi connectivity index (χ2v) is 5.30. The third-order valence-electron chi connectivity index (χ3n) is 3.41. The Labute approximate surface area is 119 Å². The van der Waals surface area contributed by atoms with Gasteiger partial charge in [-0.3, -0.25) is 4.90 Å². The number of likely N-dealkylation sites (tertiary alicyclic amines) is 1. The molecule has 6 heteroatoms. The standard InChI is InChI=1S/C13H22ClN5/c1-3-15-13-17-9-11(14)12(18-13)16-8-10(2)19-6-4-5-7-19/h9-10H,3-8H2,1-2H3,(H2,15,16,17,18). The quantitative estimate of drug-likeness (QED) is 0.840. The van der Waals surface area contributed by atoms with Crippen LogP contribution in [0.3, 0.4) is 0 Å². The molecule has 1 aromatic heterocycles. The van der Waals surface area contributed by atoms with Crippen molar-refractivity contribution < 1.29 is 0 Å². The van der Waals surface area contributed by atoms with Gasteiger partial charge in [-0.15, -0.1) is 0 Å². The first-order valence-corrected chi connectivity index (χ1v) is 7.33. The molecule has 2 N–H and O–H groups in total. The summed E-state index contributed by atoms with van der Waals surface area (Å²) < 4.78 is 0. The Hall–Kier alpha value is -1.07. The van der Waals surface area contributed by atoms with E-state index in [2.05, 4.69) is 32.4 Å². The van der Waals surface area contributed by atoms with Crippen LogP contribution >= 0.6 is 11.6 Å². The summed E-state index contributed by atoms with van der Waals surface area (Å²) in [5, 5.41) is 6.98. The van der Waals surface area contributed by atoms with Gasteiger partial charge in [-0.05, 0) is 39.8 Å². The van der Waals surface area contributed by atoms with Gasteiger partial charge in [0.05, 0.1) is 6.20 Å². The fourth-order valence-electron chi connectivity index (χ4n) is 2.29. The van der Waals surface area contributed by atoms with Gasteiger partial charge in [0.25, 0.3) is 0 Å². The van der Waals surface area contributed by atoms with Gasteiger partial charge >= 0.3 is 0 Å². The first-order valence-electron chi connectivity index (χ1n) is 6.95. The molecule has 0 aliphatic carbocycles. The van der Waals surface area contributed by atoms with Gasteiger partial charge in [0.1, 0.15) is 5.02 Å². The number of anilines is 2. The van der Waals surface area contributed by atoms with Gasteiger partial charge in [0.2, 0.25) is 5.95 Å². The number of nitrogens with one attached hydrogen (secondary N) is 2. The van der Waals surface area contributed by atoms with Crippen molar-refractivity contribution in [2.24, 2.45) is 0 Å². The maximum atomic E-state index is 6.11. The summed E-state index contributed by atoms with van der Waals surface area (Å²) in [6.45, 7) is 8.29. The number of aromatic nitrogens is 2. The summed E-state index contributed by atoms with van der Waals surface area (Å²) >= 11 is 6.11. The molecule has 1 aliphatic heterocycles. The van der Waals surface area contributed by atoms with Crippen molar-refractivity contribution >= 4 is 23.4 Å². The van der Waals surface area contributed by atoms with Crippen LogP contribution in [0.1, 0.15) is 26.7 Å². The maximum Gasteiger partial charge on any atom is 0.224 e. The number of nitrogens with zero attached hydrogens (tertiary/aromatic N) is 3. The molecule has 0 radical (unpaired) electrons. The lowest BCUT2D eigenvalue weighted by Gasteiger charge is -2.24. The van der Waals surface area contributed by atoms with Gasteiger partial charge in [-0.25, -0.2) is 4.98 Å². The first kappa shape index (κ1) is 14.3. The second-order valence-electron chi connectivity index (χ2n) is 4.89. The van der Waals surface area contributed by atoms with Crippen LogP contribution in [0.4, 0.5) is 11.8 Å². The molecule has 0 amide bonds. The Morgan fingerprint density at radius 1 is 1.37 bits per heavy atom. The fourth-order valence-corrected chi connectivity index (χ4v) is 2.45. The van der Waals surface area contributed by atoms with E-state index in [9.17, 15) is 0 Å². The summed E-state index contributed by atoms with van der Waals surface area (Å²) in [7, 11) is 0. The average molecular weight is 284 g/mol. The minimum atomic E-state index is 0.496. The van der Waals surface area contributed by atoms with Crippen molar-refractivity contribution in [2.75, 3.05) is 36.8 Å². The zero-order valence-electron chi connectivity index (χ0n) is 11.6. The molecule has 1 aromatic rings. The monoisotopic (exact) mass is 283 g/mol. The van der Waals surface area contributed by atoms with Crippen LogP contribution in [0.25, 0.3) is 0 Å². The van der Waals surface area contributed by atoms with E-state index in [1.54, 1.807) is 6.20 Å². The van der Waals surface area contributed by atoms with Crippen LogP contribution in [-0.4, -0.2) is 47.1 Å². The zero-order valence-corrected chi connectivity index (χ0v) is 12.4. The Morgan fingerprint density at radius 2 is 2.11 bits per heavy atom. The lowest BCUT2D eigenvalue weighted by atomic mass is 10.3. The number of rotatable bonds is 6. The van der Waals surface area contributed by atoms with E-state index in [1.165, 1.54) is 25.9 Å². The van der Waals surface area contributed by atoms with E-state index in [1.807, 2.05) is 6.92 Å². The molecule has 1 saturated heterocycles. The predicted molar refractivity (Wildman–Crippen MR) is 80.0 cm³/mol. The second kappa shape index (κ2) is 6.91. The number of halogens is 1. The van der Waals surface area contributed by atoms with E-state index >= 15 is 0 Å². The topological polar surface area (TPSA) is 53.1 Å². The molecule has 1 fully saturated rings. The van der Waals surface area contributed by atoms with Crippen molar-refractivity contribution in [1.29, 1.82) is 0 Å². The summed E-state index contributed by atoms with van der Waals surface area (Å²) in [6.07, 6.45) is 4.25. The molecule has 0 aromatic carbocycles. The maximum absolute atomic E-state index is 6.11. The van der Waals surface area contributed by atoms with Crippen molar-refractivity contribution in [3.8, 4) is 0 Å². The van der Waals surface area contributed by atoms with Crippen LogP contribution < -0.4 is 10.6 Å². The molecule has 2 rings (SSSR count). The lowest BCUT2D eigenvalue weighted by molar-refractivity contribution is 0.269. The largest absolute Gasteiger partial charge is 0.367 e. The van der Waals surface area contributed by atoms with E-state index in [0.717, 1.165) is 13.1 Å². The van der Waals surface area contributed by atoms with Gasteiger partial charge in [0.15, 0.2) is 5.82 Å². The summed E-state index contributed by atoms with van der Waals surface area (Å²) in [6, 6.07) is 0.496. The normalized spacial score (nSPS) is 17.4. The van der Waals surface area contributed by atoms with Crippen LogP contribution in [0.15, 0.2) is 6.20 Å². The number of hydrogen-bond donors (Lipinski definition) is 2. The highest BCUT2D eigenvalue weighted by atomic mass is 35.5. The molecule has 1 aliphatic rings. The molecule has 2 heterocycles. The molecular formula is C13H22ClN5. The highest BCUT2D eigenvalue weighted by Gasteiger charge is 2.18. The molecule has 106 valence electrons. The lowest BCUT2D eigenvalue weighted by Crippen LogP contribution is -2.35. The molecule has 19 heavy (non-hydrogen) atoms. The molecule has 0 saturated carbocycles. The first-order chi connectivity index (χ1) is 9.20. The SMILES string of the molecule is CCNc1ncc(Cl)c(NCC(C)N2CCCC2)n1. The minimum Gasteiger partial charge on any atom is -0.367 e. The molecule has 1 unspecified atom stereocenters. The molecule has 1 atom stereocenters. The highest BCUT2D eigenvalue weighted by Crippen LogP contribution is 2.20. The van der Waals surface area contributed by atoms with Crippen molar-refractivity contribution in [2.45, 2.75) is 32.7 Å². The Bertz CT molecular complexity index is 406. The fraction of sp³-hybridized carbons (Fsp3) is 0.692. The van der Waals surface area contributed by atoms with Crippen LogP contribution in [0.2, 0.25) is 5.02 Å². The van der Waals surface area contributed by atoms with E-state index in [0.29, 0.717) is 22.8 Å². The predicted octanol–water partition coefficient (Wildman–Crippen LogP) is 2.46. The Balaban J connectivity index is 1.92. The molecule has 0 spiro atoms. The van der Waals surface area contributed by atoms with Gasteiger partial charge in [-0.2, -0.15) is 4.98 Å². The van der Waals surface area contributed by atoms with Crippen LogP contribution in [0, 0.1) is 0 Å². The third-order valence-corrected chi connectivity index (χ3v) is 3.68. The van der Waals surface area contributed by atoms with Gasteiger partial charge < -0.3 is 10.6 Å². The van der Waals surface area contributed by atoms with Crippen molar-refractivity contribution in [1.82, 2.24) is 14.9 Å². The van der Waals surface area contributed by atoms with Crippen molar-refractivity contribution in [3.63, 3.8) is 0 Å².